The van der Waals surface area contributed by atoms with Crippen molar-refractivity contribution in [2.75, 3.05) is 44.2 Å². The molecular formula is C26H30N4O2S. The van der Waals surface area contributed by atoms with Crippen LogP contribution in [-0.2, 0) is 11.4 Å². The average molecular weight is 463 g/mol. The molecule has 0 radical (unpaired) electrons. The van der Waals surface area contributed by atoms with Crippen molar-refractivity contribution < 1.29 is 9.53 Å². The smallest absolute Gasteiger partial charge is 0.244 e. The third-order valence-corrected chi connectivity index (χ3v) is 6.42. The van der Waals surface area contributed by atoms with E-state index in [-0.39, 0.29) is 5.91 Å². The quantitative estimate of drug-likeness (QED) is 0.488. The summed E-state index contributed by atoms with van der Waals surface area (Å²) in [5, 5.41) is 6.02. The van der Waals surface area contributed by atoms with Crippen LogP contribution >= 0.6 is 11.3 Å². The van der Waals surface area contributed by atoms with Gasteiger partial charge in [0, 0.05) is 62.0 Å². The maximum Gasteiger partial charge on any atom is 0.244 e. The highest BCUT2D eigenvalue weighted by atomic mass is 32.1. The van der Waals surface area contributed by atoms with Crippen molar-refractivity contribution in [3.8, 4) is 5.75 Å². The molecule has 1 saturated heterocycles. The van der Waals surface area contributed by atoms with E-state index in [4.69, 9.17) is 4.74 Å². The molecule has 2 aromatic carbocycles. The summed E-state index contributed by atoms with van der Waals surface area (Å²) in [5.41, 5.74) is 3.07. The molecule has 172 valence electrons. The van der Waals surface area contributed by atoms with Gasteiger partial charge in [-0.1, -0.05) is 36.4 Å². The molecule has 1 aromatic heterocycles. The maximum atomic E-state index is 12.3. The van der Waals surface area contributed by atoms with Crippen LogP contribution in [0.3, 0.4) is 0 Å². The first-order valence-electron chi connectivity index (χ1n) is 11.3. The molecule has 6 nitrogen and oxygen atoms in total. The van der Waals surface area contributed by atoms with Gasteiger partial charge in [-0.05, 0) is 31.2 Å². The molecule has 1 aliphatic rings. The zero-order valence-corrected chi connectivity index (χ0v) is 19.8. The Morgan fingerprint density at radius 3 is 2.61 bits per heavy atom. The minimum absolute atomic E-state index is 0.0946. The monoisotopic (exact) mass is 462 g/mol. The van der Waals surface area contributed by atoms with Gasteiger partial charge in [-0.25, -0.2) is 4.98 Å². The van der Waals surface area contributed by atoms with Crippen LogP contribution in [0.4, 0.5) is 5.69 Å². The van der Waals surface area contributed by atoms with Gasteiger partial charge in [0.1, 0.15) is 12.4 Å². The predicted octanol–water partition coefficient (Wildman–Crippen LogP) is 3.98. The number of nitrogens with one attached hydrogen (secondary N) is 1. The van der Waals surface area contributed by atoms with Gasteiger partial charge >= 0.3 is 0 Å². The molecule has 7 heteroatoms. The van der Waals surface area contributed by atoms with Gasteiger partial charge < -0.3 is 15.0 Å². The highest BCUT2D eigenvalue weighted by Crippen LogP contribution is 2.21. The lowest BCUT2D eigenvalue weighted by atomic mass is 10.2. The number of benzene rings is 2. The summed E-state index contributed by atoms with van der Waals surface area (Å²) in [5.74, 6) is 0.645. The van der Waals surface area contributed by atoms with Crippen molar-refractivity contribution in [2.24, 2.45) is 0 Å². The Balaban J connectivity index is 1.19. The van der Waals surface area contributed by atoms with Crippen LogP contribution in [0.25, 0.3) is 6.08 Å². The fourth-order valence-electron chi connectivity index (χ4n) is 3.81. The van der Waals surface area contributed by atoms with Crippen molar-refractivity contribution in [1.29, 1.82) is 0 Å². The SMILES string of the molecule is Cc1nc(COc2ccccc2/C=C/C(=O)NCCN2CCN(c3ccccc3)CC2)cs1. The zero-order valence-electron chi connectivity index (χ0n) is 18.9. The molecular weight excluding hydrogens is 432 g/mol. The van der Waals surface area contributed by atoms with E-state index in [1.165, 1.54) is 5.69 Å². The van der Waals surface area contributed by atoms with E-state index in [9.17, 15) is 4.79 Å². The Bertz CT molecular complexity index is 1060. The van der Waals surface area contributed by atoms with Gasteiger partial charge in [0.05, 0.1) is 10.7 Å². The average Bonchev–Trinajstić information content (AvgIpc) is 3.28. The molecule has 0 aliphatic carbocycles. The molecule has 3 aromatic rings. The second-order valence-electron chi connectivity index (χ2n) is 7.97. The van der Waals surface area contributed by atoms with Crippen LogP contribution < -0.4 is 15.0 Å². The standard InChI is InChI=1S/C26H30N4O2S/c1-21-28-23(20-33-21)19-32-25-10-6-5-7-22(25)11-12-26(31)27-13-14-29-15-17-30(18-16-29)24-8-3-2-4-9-24/h2-12,20H,13-19H2,1H3,(H,27,31)/b12-11+. The number of thiazole rings is 1. The molecule has 2 heterocycles. The fraction of sp³-hybridized carbons (Fsp3) is 0.308. The topological polar surface area (TPSA) is 57.7 Å². The second kappa shape index (κ2) is 11.6. The largest absolute Gasteiger partial charge is 0.487 e. The zero-order chi connectivity index (χ0) is 22.9. The van der Waals surface area contributed by atoms with Gasteiger partial charge in [-0.15, -0.1) is 11.3 Å². The Hall–Kier alpha value is -3.16. The first kappa shape index (κ1) is 23.0. The van der Waals surface area contributed by atoms with Crippen molar-refractivity contribution in [1.82, 2.24) is 15.2 Å². The molecule has 0 saturated carbocycles. The summed E-state index contributed by atoms with van der Waals surface area (Å²) in [6.07, 6.45) is 3.37. The van der Waals surface area contributed by atoms with Crippen LogP contribution in [-0.4, -0.2) is 55.1 Å². The molecule has 0 spiro atoms. The summed E-state index contributed by atoms with van der Waals surface area (Å²) < 4.78 is 5.92. The van der Waals surface area contributed by atoms with Gasteiger partial charge in [-0.2, -0.15) is 0 Å². The summed E-state index contributed by atoms with van der Waals surface area (Å²) in [4.78, 5) is 21.5. The number of amides is 1. The Kier molecular flexibility index (Phi) is 8.11. The van der Waals surface area contributed by atoms with Crippen LogP contribution in [0.5, 0.6) is 5.75 Å². The number of piperazine rings is 1. The van der Waals surface area contributed by atoms with Crippen molar-refractivity contribution >= 4 is 29.0 Å². The summed E-state index contributed by atoms with van der Waals surface area (Å²) in [6, 6.07) is 18.2. The number of aromatic nitrogens is 1. The molecule has 0 atom stereocenters. The molecule has 0 unspecified atom stereocenters. The molecule has 1 aliphatic heterocycles. The van der Waals surface area contributed by atoms with E-state index >= 15 is 0 Å². The Labute approximate surface area is 199 Å². The minimum atomic E-state index is -0.0946. The van der Waals surface area contributed by atoms with Crippen molar-refractivity contribution in [2.45, 2.75) is 13.5 Å². The van der Waals surface area contributed by atoms with E-state index in [0.29, 0.717) is 13.2 Å². The molecule has 0 bridgehead atoms. The molecule has 1 N–H and O–H groups in total. The lowest BCUT2D eigenvalue weighted by molar-refractivity contribution is -0.116. The van der Waals surface area contributed by atoms with Gasteiger partial charge in [0.15, 0.2) is 0 Å². The minimum Gasteiger partial charge on any atom is -0.487 e. The molecule has 1 amide bonds. The second-order valence-corrected chi connectivity index (χ2v) is 9.04. The number of hydrogen-bond donors (Lipinski definition) is 1. The van der Waals surface area contributed by atoms with E-state index in [1.807, 2.05) is 42.6 Å². The molecule has 4 rings (SSSR count). The normalized spacial score (nSPS) is 14.5. The third kappa shape index (κ3) is 6.91. The number of nitrogens with zero attached hydrogens (tertiary/aromatic N) is 3. The molecule has 33 heavy (non-hydrogen) atoms. The van der Waals surface area contributed by atoms with E-state index < -0.39 is 0 Å². The van der Waals surface area contributed by atoms with Crippen molar-refractivity contribution in [3.63, 3.8) is 0 Å². The summed E-state index contributed by atoms with van der Waals surface area (Å²) in [7, 11) is 0. The Morgan fingerprint density at radius 1 is 1.09 bits per heavy atom. The number of rotatable bonds is 9. The highest BCUT2D eigenvalue weighted by Gasteiger charge is 2.16. The first-order valence-corrected chi connectivity index (χ1v) is 12.2. The summed E-state index contributed by atoms with van der Waals surface area (Å²) in [6.45, 7) is 7.91. The number of ether oxygens (including phenoxy) is 1. The van der Waals surface area contributed by atoms with Gasteiger partial charge in [-0.3, -0.25) is 9.69 Å². The van der Waals surface area contributed by atoms with Gasteiger partial charge in [0.25, 0.3) is 0 Å². The third-order valence-electron chi connectivity index (χ3n) is 5.60. The number of hydrogen-bond acceptors (Lipinski definition) is 6. The van der Waals surface area contributed by atoms with E-state index in [1.54, 1.807) is 23.5 Å². The van der Waals surface area contributed by atoms with E-state index in [2.05, 4.69) is 44.4 Å². The number of carbonyl (C=O) groups excluding carboxylic acids is 1. The molecule has 1 fully saturated rings. The lowest BCUT2D eigenvalue weighted by Crippen LogP contribution is -2.48. The number of aryl methyl sites for hydroxylation is 1. The number of carbonyl (C=O) groups is 1. The van der Waals surface area contributed by atoms with Crippen LogP contribution in [0.1, 0.15) is 16.3 Å². The fourth-order valence-corrected chi connectivity index (χ4v) is 4.40. The van der Waals surface area contributed by atoms with E-state index in [0.717, 1.165) is 54.7 Å². The lowest BCUT2D eigenvalue weighted by Gasteiger charge is -2.36. The highest BCUT2D eigenvalue weighted by molar-refractivity contribution is 7.09. The van der Waals surface area contributed by atoms with Gasteiger partial charge in [0.2, 0.25) is 5.91 Å². The maximum absolute atomic E-state index is 12.3. The number of anilines is 1. The Morgan fingerprint density at radius 2 is 1.85 bits per heavy atom. The van der Waals surface area contributed by atoms with Crippen LogP contribution in [0, 0.1) is 6.92 Å². The summed E-state index contributed by atoms with van der Waals surface area (Å²) >= 11 is 1.61. The number of para-hydroxylation sites is 2. The first-order chi connectivity index (χ1) is 16.2. The predicted molar refractivity (Wildman–Crippen MR) is 135 cm³/mol. The van der Waals surface area contributed by atoms with Crippen LogP contribution in [0.15, 0.2) is 66.1 Å². The van der Waals surface area contributed by atoms with Crippen molar-refractivity contribution in [3.05, 3.63) is 82.3 Å². The van der Waals surface area contributed by atoms with Crippen LogP contribution in [0.2, 0.25) is 0 Å².